The minimum atomic E-state index is -1.08. The van der Waals surface area contributed by atoms with Gasteiger partial charge in [0.1, 0.15) is 11.6 Å². The molecule has 2 aromatic carbocycles. The predicted octanol–water partition coefficient (Wildman–Crippen LogP) is 6.32. The molecule has 0 unspecified atom stereocenters. The molecule has 8 heterocycles. The van der Waals surface area contributed by atoms with E-state index in [1.54, 1.807) is 13.0 Å². The zero-order valence-corrected chi connectivity index (χ0v) is 43.8. The summed E-state index contributed by atoms with van der Waals surface area (Å²) < 4.78 is 16.0. The average Bonchev–Trinajstić information content (AvgIpc) is 3.57. The van der Waals surface area contributed by atoms with Crippen molar-refractivity contribution >= 4 is 58.9 Å². The highest BCUT2D eigenvalue weighted by Gasteiger charge is 2.30. The van der Waals surface area contributed by atoms with Crippen molar-refractivity contribution in [2.75, 3.05) is 116 Å². The SMILES string of the molecule is C.C.CCNC(=O)Nc1ccc(-c2nc3c(c(N4CCOCC4)n2)CCN(c2nc(C)cc(C(=O)O)n2)C3)cc1.CCNC(=O)Nc1ccc(-c2nc3c(c(N4CCOCC4)n2)CCN(c2nc(C)cc(C(=O)OC)n2)C3)cc1. The minimum Gasteiger partial charge on any atom is -0.477 e. The summed E-state index contributed by atoms with van der Waals surface area (Å²) in [5.41, 5.74) is 8.41. The summed E-state index contributed by atoms with van der Waals surface area (Å²) in [5, 5.41) is 20.5. The Labute approximate surface area is 459 Å². The second-order valence-corrected chi connectivity index (χ2v) is 18.4. The molecule has 0 atom stereocenters. The number of carbonyl (C=O) groups is 4. The number of ether oxygens (including phenoxy) is 3. The van der Waals surface area contributed by atoms with Gasteiger partial charge in [-0.05, 0) is 101 Å². The number of carboxylic acid groups (broad SMARTS) is 1. The van der Waals surface area contributed by atoms with Crippen LogP contribution >= 0.6 is 0 Å². The fourth-order valence-corrected chi connectivity index (χ4v) is 9.28. The maximum atomic E-state index is 12.1. The van der Waals surface area contributed by atoms with Gasteiger partial charge in [0.15, 0.2) is 23.0 Å². The van der Waals surface area contributed by atoms with Crippen LogP contribution in [0.25, 0.3) is 22.8 Å². The second-order valence-electron chi connectivity index (χ2n) is 18.4. The average molecular weight is 1080 g/mol. The number of rotatable bonds is 12. The zero-order valence-electron chi connectivity index (χ0n) is 43.8. The molecule has 6 aromatic rings. The van der Waals surface area contributed by atoms with Gasteiger partial charge in [0, 0.05) is 97.4 Å². The van der Waals surface area contributed by atoms with E-state index in [2.05, 4.69) is 51.0 Å². The van der Waals surface area contributed by atoms with Crippen molar-refractivity contribution in [3.63, 3.8) is 0 Å². The maximum Gasteiger partial charge on any atom is 0.356 e. The van der Waals surface area contributed by atoms with Gasteiger partial charge < -0.3 is 60.2 Å². The van der Waals surface area contributed by atoms with Crippen LogP contribution in [0.3, 0.4) is 0 Å². The topological polar surface area (TPSA) is 280 Å². The van der Waals surface area contributed by atoms with Crippen LogP contribution in [-0.4, -0.2) is 155 Å². The summed E-state index contributed by atoms with van der Waals surface area (Å²) in [6.45, 7) is 16.2. The molecule has 79 heavy (non-hydrogen) atoms. The summed E-state index contributed by atoms with van der Waals surface area (Å²) in [5.74, 6) is 2.26. The molecule has 0 radical (unpaired) electrons. The van der Waals surface area contributed by atoms with Gasteiger partial charge in [-0.15, -0.1) is 0 Å². The number of fused-ring (bicyclic) bond motifs is 2. The van der Waals surface area contributed by atoms with Crippen LogP contribution in [0.4, 0.5) is 44.5 Å². The van der Waals surface area contributed by atoms with E-state index in [9.17, 15) is 24.3 Å². The summed E-state index contributed by atoms with van der Waals surface area (Å²) in [7, 11) is 1.34. The molecule has 5 N–H and O–H groups in total. The molecule has 418 valence electrons. The Morgan fingerprint density at radius 2 is 0.962 bits per heavy atom. The fraction of sp³-hybridized carbons (Fsp3) is 0.418. The fourth-order valence-electron chi connectivity index (χ4n) is 9.28. The lowest BCUT2D eigenvalue weighted by molar-refractivity contribution is 0.0592. The van der Waals surface area contributed by atoms with Gasteiger partial charge in [-0.25, -0.2) is 59.0 Å². The van der Waals surface area contributed by atoms with Crippen LogP contribution in [0.5, 0.6) is 0 Å². The lowest BCUT2D eigenvalue weighted by Gasteiger charge is -2.34. The standard InChI is InChI=1S/C27H32N8O4.C26H30N8O4.2CH4/c1-4-28-27(37)30-19-7-5-18(6-8-19)23-31-22-16-35(26-29-17(2)15-21(32-26)25(36)38-3)10-9-20(22)24(33-23)34-11-13-39-14-12-34;1-3-27-26(37)29-18-6-4-17(5-7-18)22-30-21-15-34(25-28-16(2)14-20(31-25)24(35)36)9-8-19(21)23(32-22)33-10-12-38-13-11-33;;/h5-8,15H,4,9-14,16H2,1-3H3,(H2,28,30,37);4-7,14H,3,8-13,15H2,1-2H3,(H,35,36)(H2,27,29,37);2*1H4. The molecule has 10 rings (SSSR count). The number of amides is 4. The van der Waals surface area contributed by atoms with Crippen LogP contribution < -0.4 is 40.9 Å². The minimum absolute atomic E-state index is 0. The van der Waals surface area contributed by atoms with Crippen LogP contribution in [0, 0.1) is 13.8 Å². The van der Waals surface area contributed by atoms with Crippen LogP contribution in [-0.2, 0) is 40.1 Å². The van der Waals surface area contributed by atoms with Gasteiger partial charge in [0.05, 0.1) is 58.0 Å². The van der Waals surface area contributed by atoms with Crippen molar-refractivity contribution in [2.45, 2.75) is 68.5 Å². The van der Waals surface area contributed by atoms with Crippen molar-refractivity contribution in [3.05, 3.63) is 106 Å². The number of nitrogens with one attached hydrogen (secondary N) is 4. The third-order valence-corrected chi connectivity index (χ3v) is 13.0. The third kappa shape index (κ3) is 14.1. The Morgan fingerprint density at radius 1 is 0.557 bits per heavy atom. The van der Waals surface area contributed by atoms with E-state index in [0.29, 0.717) is 125 Å². The molecule has 24 heteroatoms. The number of morpholine rings is 2. The zero-order chi connectivity index (χ0) is 54.0. The number of aryl methyl sites for hydroxylation is 2. The molecule has 0 bridgehead atoms. The predicted molar refractivity (Wildman–Crippen MR) is 301 cm³/mol. The van der Waals surface area contributed by atoms with E-state index in [1.807, 2.05) is 79.1 Å². The van der Waals surface area contributed by atoms with Gasteiger partial charge in [-0.3, -0.25) is 0 Å². The first-order valence-electron chi connectivity index (χ1n) is 25.6. The number of methoxy groups -OCH3 is 1. The lowest BCUT2D eigenvalue weighted by Crippen LogP contribution is -2.40. The van der Waals surface area contributed by atoms with Gasteiger partial charge >= 0.3 is 24.0 Å². The second kappa shape index (κ2) is 26.6. The van der Waals surface area contributed by atoms with Crippen molar-refractivity contribution in [1.29, 1.82) is 0 Å². The molecule has 0 saturated carbocycles. The van der Waals surface area contributed by atoms with E-state index in [-0.39, 0.29) is 38.3 Å². The number of hydrogen-bond donors (Lipinski definition) is 5. The first kappa shape index (κ1) is 58.1. The summed E-state index contributed by atoms with van der Waals surface area (Å²) in [4.78, 5) is 93.6. The molecule has 0 aliphatic carbocycles. The number of carboxylic acids is 1. The van der Waals surface area contributed by atoms with Gasteiger partial charge in [0.25, 0.3) is 0 Å². The molecular weight excluding hydrogens is 1010 g/mol. The van der Waals surface area contributed by atoms with Crippen LogP contribution in [0.1, 0.15) is 83.6 Å². The molecule has 2 saturated heterocycles. The van der Waals surface area contributed by atoms with E-state index >= 15 is 0 Å². The van der Waals surface area contributed by atoms with Crippen molar-refractivity contribution in [3.8, 4) is 22.8 Å². The Hall–Kier alpha value is -8.64. The quantitative estimate of drug-likeness (QED) is 0.0838. The number of benzene rings is 2. The van der Waals surface area contributed by atoms with Gasteiger partial charge in [-0.1, -0.05) is 14.9 Å². The van der Waals surface area contributed by atoms with Gasteiger partial charge in [-0.2, -0.15) is 0 Å². The van der Waals surface area contributed by atoms with Crippen molar-refractivity contribution in [2.24, 2.45) is 0 Å². The Balaban J connectivity index is 0.000000223. The van der Waals surface area contributed by atoms with Crippen molar-refractivity contribution in [1.82, 2.24) is 50.5 Å². The molecule has 0 spiro atoms. The van der Waals surface area contributed by atoms with Gasteiger partial charge in [0.2, 0.25) is 11.9 Å². The monoisotopic (exact) mass is 1080 g/mol. The van der Waals surface area contributed by atoms with Crippen LogP contribution in [0.2, 0.25) is 0 Å². The highest BCUT2D eigenvalue weighted by molar-refractivity contribution is 5.90. The first-order valence-corrected chi connectivity index (χ1v) is 25.6. The smallest absolute Gasteiger partial charge is 0.356 e. The van der Waals surface area contributed by atoms with Crippen molar-refractivity contribution < 1.29 is 38.5 Å². The number of urea groups is 2. The highest BCUT2D eigenvalue weighted by Crippen LogP contribution is 2.34. The molecular formula is C55H70N16O8. The van der Waals surface area contributed by atoms with Crippen LogP contribution in [0.15, 0.2) is 60.7 Å². The number of hydrogen-bond acceptors (Lipinski definition) is 19. The Bertz CT molecular complexity index is 3120. The number of aromatic carboxylic acids is 1. The molecule has 4 amide bonds. The number of esters is 1. The normalized spacial score (nSPS) is 14.6. The maximum absolute atomic E-state index is 12.1. The molecule has 4 aliphatic heterocycles. The Morgan fingerprint density at radius 3 is 1.35 bits per heavy atom. The molecule has 2 fully saturated rings. The van der Waals surface area contributed by atoms with E-state index in [4.69, 9.17) is 34.1 Å². The lowest BCUT2D eigenvalue weighted by atomic mass is 10.0. The van der Waals surface area contributed by atoms with E-state index in [1.165, 1.54) is 13.2 Å². The molecule has 4 aliphatic rings. The number of aromatic nitrogens is 8. The highest BCUT2D eigenvalue weighted by atomic mass is 16.5. The number of carbonyl (C=O) groups excluding carboxylic acids is 3. The van der Waals surface area contributed by atoms with E-state index in [0.717, 1.165) is 71.5 Å². The largest absolute Gasteiger partial charge is 0.477 e. The molecule has 4 aromatic heterocycles. The Kier molecular flexibility index (Phi) is 19.6. The number of anilines is 6. The first-order chi connectivity index (χ1) is 37.4. The summed E-state index contributed by atoms with van der Waals surface area (Å²) >= 11 is 0. The number of nitrogens with zero attached hydrogens (tertiary/aromatic N) is 12. The van der Waals surface area contributed by atoms with E-state index < -0.39 is 11.9 Å². The summed E-state index contributed by atoms with van der Waals surface area (Å²) in [6, 6.07) is 17.5. The molecule has 24 nitrogen and oxygen atoms in total. The third-order valence-electron chi connectivity index (χ3n) is 13.0. The summed E-state index contributed by atoms with van der Waals surface area (Å²) in [6.07, 6.45) is 1.39.